The second-order valence-corrected chi connectivity index (χ2v) is 5.02. The number of carbonyl (C=O) groups is 1. The molecule has 0 bridgehead atoms. The minimum atomic E-state index is -0.608. The normalized spacial score (nSPS) is 18.0. The van der Waals surface area contributed by atoms with Crippen LogP contribution in [0.25, 0.3) is 10.8 Å². The lowest BCUT2D eigenvalue weighted by Crippen LogP contribution is -2.38. The van der Waals surface area contributed by atoms with Crippen molar-refractivity contribution in [3.8, 4) is 0 Å². The number of hydrogen-bond donors (Lipinski definition) is 2. The maximum atomic E-state index is 12.1. The van der Waals surface area contributed by atoms with Crippen LogP contribution in [-0.2, 0) is 4.79 Å². The fraction of sp³-hybridized carbons (Fsp3) is 0.188. The summed E-state index contributed by atoms with van der Waals surface area (Å²) in [5.41, 5.74) is 6.66. The third-order valence-electron chi connectivity index (χ3n) is 3.43. The van der Waals surface area contributed by atoms with Gasteiger partial charge in [-0.25, -0.2) is 4.99 Å². The van der Waals surface area contributed by atoms with E-state index in [0.717, 1.165) is 16.5 Å². The van der Waals surface area contributed by atoms with Crippen LogP contribution in [0, 0.1) is 0 Å². The number of aliphatic imine (C=N–C) groups is 2. The number of benzene rings is 2. The Labute approximate surface area is 122 Å². The van der Waals surface area contributed by atoms with E-state index < -0.39 is 6.04 Å². The zero-order chi connectivity index (χ0) is 14.7. The smallest absolute Gasteiger partial charge is 0.241 e. The molecule has 0 spiro atoms. The highest BCUT2D eigenvalue weighted by Crippen LogP contribution is 2.19. The molecule has 2 unspecified atom stereocenters. The summed E-state index contributed by atoms with van der Waals surface area (Å²) in [5, 5.41) is 5.06. The van der Waals surface area contributed by atoms with Gasteiger partial charge in [0.2, 0.25) is 5.91 Å². The van der Waals surface area contributed by atoms with Gasteiger partial charge in [0, 0.05) is 11.9 Å². The Kier molecular flexibility index (Phi) is 3.75. The SMILES string of the molecule is NC(CC1C=NC=N1)C(=O)Nc1ccc2ccccc2c1. The van der Waals surface area contributed by atoms with Gasteiger partial charge >= 0.3 is 0 Å². The number of nitrogens with two attached hydrogens (primary N) is 1. The first-order valence-corrected chi connectivity index (χ1v) is 6.82. The molecular weight excluding hydrogens is 264 g/mol. The van der Waals surface area contributed by atoms with Crippen molar-refractivity contribution < 1.29 is 4.79 Å². The first-order valence-electron chi connectivity index (χ1n) is 6.82. The lowest BCUT2D eigenvalue weighted by Gasteiger charge is -2.14. The fourth-order valence-electron chi connectivity index (χ4n) is 2.29. The number of nitrogens with zero attached hydrogens (tertiary/aromatic N) is 2. The van der Waals surface area contributed by atoms with E-state index in [4.69, 9.17) is 5.73 Å². The minimum Gasteiger partial charge on any atom is -0.325 e. The van der Waals surface area contributed by atoms with Crippen molar-refractivity contribution in [1.82, 2.24) is 0 Å². The molecule has 0 aromatic heterocycles. The molecule has 0 saturated heterocycles. The van der Waals surface area contributed by atoms with Gasteiger partial charge in [-0.1, -0.05) is 30.3 Å². The Balaban J connectivity index is 1.67. The number of nitrogens with one attached hydrogen (secondary N) is 1. The standard InChI is InChI=1S/C16H16N4O/c17-15(8-14-9-18-10-19-14)16(21)20-13-6-5-11-3-1-2-4-12(11)7-13/h1-7,9-10,14-15H,8,17H2,(H,20,21). The topological polar surface area (TPSA) is 79.8 Å². The zero-order valence-electron chi connectivity index (χ0n) is 11.4. The lowest BCUT2D eigenvalue weighted by atomic mass is 10.1. The van der Waals surface area contributed by atoms with Crippen LogP contribution in [0.5, 0.6) is 0 Å². The Hall–Kier alpha value is -2.53. The van der Waals surface area contributed by atoms with Gasteiger partial charge in [-0.3, -0.25) is 9.79 Å². The van der Waals surface area contributed by atoms with Crippen molar-refractivity contribution in [3.05, 3.63) is 42.5 Å². The van der Waals surface area contributed by atoms with E-state index in [1.165, 1.54) is 6.34 Å². The third kappa shape index (κ3) is 3.14. The summed E-state index contributed by atoms with van der Waals surface area (Å²) in [5.74, 6) is -0.208. The third-order valence-corrected chi connectivity index (χ3v) is 3.43. The van der Waals surface area contributed by atoms with Crippen molar-refractivity contribution in [1.29, 1.82) is 0 Å². The average molecular weight is 280 g/mol. The van der Waals surface area contributed by atoms with Crippen molar-refractivity contribution in [2.24, 2.45) is 15.7 Å². The Morgan fingerprint density at radius 3 is 2.81 bits per heavy atom. The van der Waals surface area contributed by atoms with Gasteiger partial charge in [0.15, 0.2) is 0 Å². The number of carbonyl (C=O) groups excluding carboxylic acids is 1. The van der Waals surface area contributed by atoms with E-state index in [2.05, 4.69) is 15.3 Å². The molecule has 2 aromatic carbocycles. The molecule has 5 nitrogen and oxygen atoms in total. The van der Waals surface area contributed by atoms with Crippen LogP contribution in [-0.4, -0.2) is 30.5 Å². The molecule has 21 heavy (non-hydrogen) atoms. The Bertz CT molecular complexity index is 711. The molecule has 1 aliphatic heterocycles. The second-order valence-electron chi connectivity index (χ2n) is 5.02. The van der Waals surface area contributed by atoms with Crippen molar-refractivity contribution >= 4 is 34.9 Å². The molecule has 2 atom stereocenters. The van der Waals surface area contributed by atoms with Gasteiger partial charge in [0.25, 0.3) is 0 Å². The van der Waals surface area contributed by atoms with Crippen molar-refractivity contribution in [2.45, 2.75) is 18.5 Å². The van der Waals surface area contributed by atoms with Gasteiger partial charge in [-0.15, -0.1) is 0 Å². The predicted molar refractivity (Wildman–Crippen MR) is 85.9 cm³/mol. The number of rotatable bonds is 4. The molecular formula is C16H16N4O. The van der Waals surface area contributed by atoms with Gasteiger partial charge in [0.05, 0.1) is 12.1 Å². The molecule has 0 saturated carbocycles. The van der Waals surface area contributed by atoms with Gasteiger partial charge in [-0.2, -0.15) is 0 Å². The highest BCUT2D eigenvalue weighted by atomic mass is 16.2. The van der Waals surface area contributed by atoms with Gasteiger partial charge in [-0.05, 0) is 29.3 Å². The van der Waals surface area contributed by atoms with E-state index in [-0.39, 0.29) is 11.9 Å². The molecule has 5 heteroatoms. The van der Waals surface area contributed by atoms with Gasteiger partial charge < -0.3 is 11.1 Å². The van der Waals surface area contributed by atoms with Crippen LogP contribution >= 0.6 is 0 Å². The monoisotopic (exact) mass is 280 g/mol. The molecule has 1 heterocycles. The Morgan fingerprint density at radius 1 is 1.24 bits per heavy atom. The predicted octanol–water partition coefficient (Wildman–Crippen LogP) is 1.98. The fourth-order valence-corrected chi connectivity index (χ4v) is 2.29. The summed E-state index contributed by atoms with van der Waals surface area (Å²) in [6, 6.07) is 13.1. The summed E-state index contributed by atoms with van der Waals surface area (Å²) in [4.78, 5) is 20.1. The van der Waals surface area contributed by atoms with Crippen LogP contribution in [0.15, 0.2) is 52.4 Å². The van der Waals surface area contributed by atoms with E-state index >= 15 is 0 Å². The van der Waals surface area contributed by atoms with E-state index in [1.54, 1.807) is 6.21 Å². The first-order chi connectivity index (χ1) is 10.2. The molecule has 2 aromatic rings. The van der Waals surface area contributed by atoms with Crippen LogP contribution in [0.4, 0.5) is 5.69 Å². The Morgan fingerprint density at radius 2 is 2.05 bits per heavy atom. The van der Waals surface area contributed by atoms with E-state index in [9.17, 15) is 4.79 Å². The first kappa shape index (κ1) is 13.5. The quantitative estimate of drug-likeness (QED) is 0.898. The number of hydrogen-bond acceptors (Lipinski definition) is 4. The molecule has 3 rings (SSSR count). The van der Waals surface area contributed by atoms with E-state index in [1.807, 2.05) is 42.5 Å². The van der Waals surface area contributed by atoms with Crippen molar-refractivity contribution in [3.63, 3.8) is 0 Å². The largest absolute Gasteiger partial charge is 0.325 e. The molecule has 106 valence electrons. The highest BCUT2D eigenvalue weighted by molar-refractivity contribution is 5.97. The molecule has 0 fully saturated rings. The van der Waals surface area contributed by atoms with Gasteiger partial charge in [0.1, 0.15) is 6.34 Å². The number of anilines is 1. The molecule has 0 aliphatic carbocycles. The van der Waals surface area contributed by atoms with E-state index in [0.29, 0.717) is 6.42 Å². The summed E-state index contributed by atoms with van der Waals surface area (Å²) in [7, 11) is 0. The maximum absolute atomic E-state index is 12.1. The molecule has 0 radical (unpaired) electrons. The summed E-state index contributed by atoms with van der Waals surface area (Å²) < 4.78 is 0. The number of amides is 1. The summed E-state index contributed by atoms with van der Waals surface area (Å²) >= 11 is 0. The highest BCUT2D eigenvalue weighted by Gasteiger charge is 2.19. The lowest BCUT2D eigenvalue weighted by molar-refractivity contribution is -0.117. The van der Waals surface area contributed by atoms with Crippen LogP contribution in [0.1, 0.15) is 6.42 Å². The molecule has 1 amide bonds. The molecule has 3 N–H and O–H groups in total. The zero-order valence-corrected chi connectivity index (χ0v) is 11.4. The maximum Gasteiger partial charge on any atom is 0.241 e. The number of fused-ring (bicyclic) bond motifs is 1. The minimum absolute atomic E-state index is 0.0950. The average Bonchev–Trinajstić information content (AvgIpc) is 3.00. The summed E-state index contributed by atoms with van der Waals surface area (Å²) in [6.45, 7) is 0. The van der Waals surface area contributed by atoms with Crippen LogP contribution in [0.3, 0.4) is 0 Å². The molecule has 1 aliphatic rings. The van der Waals surface area contributed by atoms with Crippen LogP contribution in [0.2, 0.25) is 0 Å². The van der Waals surface area contributed by atoms with Crippen LogP contribution < -0.4 is 11.1 Å². The van der Waals surface area contributed by atoms with Crippen molar-refractivity contribution in [2.75, 3.05) is 5.32 Å². The second kappa shape index (κ2) is 5.85. The summed E-state index contributed by atoms with van der Waals surface area (Å²) in [6.07, 6.45) is 3.64.